The molecule has 1 spiro atoms. The van der Waals surface area contributed by atoms with Crippen molar-refractivity contribution in [1.82, 2.24) is 10.2 Å². The van der Waals surface area contributed by atoms with Crippen LogP contribution in [-0.2, 0) is 14.8 Å². The summed E-state index contributed by atoms with van der Waals surface area (Å²) in [6, 6.07) is 6.32. The highest BCUT2D eigenvalue weighted by Crippen LogP contribution is 2.29. The fourth-order valence-corrected chi connectivity index (χ4v) is 3.76. The molecule has 1 atom stereocenters. The number of hydrogen-bond donors (Lipinski definition) is 2. The summed E-state index contributed by atoms with van der Waals surface area (Å²) in [6.07, 6.45) is 1.05. The van der Waals surface area contributed by atoms with Crippen molar-refractivity contribution < 1.29 is 22.7 Å². The lowest BCUT2D eigenvalue weighted by atomic mass is 9.92. The number of ether oxygens (including phenoxy) is 1. The first-order valence-corrected chi connectivity index (χ1v) is 9.84. The average molecular weight is 367 g/mol. The molecule has 1 unspecified atom stereocenters. The molecule has 0 radical (unpaired) electrons. The van der Waals surface area contributed by atoms with E-state index < -0.39 is 21.7 Å². The van der Waals surface area contributed by atoms with E-state index in [0.29, 0.717) is 30.9 Å². The summed E-state index contributed by atoms with van der Waals surface area (Å²) in [4.78, 5) is 25.7. The summed E-state index contributed by atoms with van der Waals surface area (Å²) in [5, 5.41) is 2.65. The van der Waals surface area contributed by atoms with Crippen LogP contribution in [0.3, 0.4) is 0 Å². The maximum Gasteiger partial charge on any atom is 0.407 e. The second-order valence-corrected chi connectivity index (χ2v) is 8.35. The maximum atomic E-state index is 12.7. The standard InChI is InChI=1S/C16H21N3O5S/c1-2-25(22,23)18-13-6-4-12(5-7-13)14(20)19-9-3-8-16(11-19)10-17-15(21)24-16/h4-7,18H,2-3,8-11H2,1H3,(H,17,21). The number of nitrogens with zero attached hydrogens (tertiary/aromatic N) is 1. The topological polar surface area (TPSA) is 105 Å². The number of rotatable bonds is 4. The van der Waals surface area contributed by atoms with Gasteiger partial charge in [0, 0.05) is 17.8 Å². The van der Waals surface area contributed by atoms with Gasteiger partial charge in [-0.2, -0.15) is 0 Å². The molecule has 25 heavy (non-hydrogen) atoms. The number of piperidine rings is 1. The minimum Gasteiger partial charge on any atom is -0.439 e. The van der Waals surface area contributed by atoms with Gasteiger partial charge in [0.25, 0.3) is 5.91 Å². The quantitative estimate of drug-likeness (QED) is 0.831. The molecule has 2 N–H and O–H groups in total. The van der Waals surface area contributed by atoms with Gasteiger partial charge in [0.1, 0.15) is 5.60 Å². The molecule has 0 aliphatic carbocycles. The van der Waals surface area contributed by atoms with Crippen molar-refractivity contribution >= 4 is 27.7 Å². The molecule has 0 saturated carbocycles. The lowest BCUT2D eigenvalue weighted by Crippen LogP contribution is -2.52. The molecule has 136 valence electrons. The smallest absolute Gasteiger partial charge is 0.407 e. The third-order valence-corrected chi connectivity index (χ3v) is 5.78. The number of benzene rings is 1. The van der Waals surface area contributed by atoms with Gasteiger partial charge in [0.2, 0.25) is 10.0 Å². The van der Waals surface area contributed by atoms with Gasteiger partial charge in [-0.15, -0.1) is 0 Å². The molecule has 3 rings (SSSR count). The number of amides is 2. The lowest BCUT2D eigenvalue weighted by Gasteiger charge is -2.38. The Labute approximate surface area is 146 Å². The van der Waals surface area contributed by atoms with Crippen LogP contribution in [0.5, 0.6) is 0 Å². The summed E-state index contributed by atoms with van der Waals surface area (Å²) in [5.41, 5.74) is 0.248. The van der Waals surface area contributed by atoms with Crippen LogP contribution in [0.25, 0.3) is 0 Å². The van der Waals surface area contributed by atoms with E-state index in [1.165, 1.54) is 0 Å². The number of sulfonamides is 1. The van der Waals surface area contributed by atoms with Crippen LogP contribution in [0, 0.1) is 0 Å². The third kappa shape index (κ3) is 3.87. The molecule has 2 heterocycles. The largest absolute Gasteiger partial charge is 0.439 e. The Balaban J connectivity index is 1.69. The Morgan fingerprint density at radius 1 is 1.36 bits per heavy atom. The van der Waals surface area contributed by atoms with Gasteiger partial charge in [-0.25, -0.2) is 13.2 Å². The molecule has 0 aromatic heterocycles. The average Bonchev–Trinajstić information content (AvgIpc) is 2.94. The highest BCUT2D eigenvalue weighted by molar-refractivity contribution is 7.92. The zero-order valence-electron chi connectivity index (χ0n) is 13.9. The molecule has 2 saturated heterocycles. The molecule has 8 nitrogen and oxygen atoms in total. The molecular formula is C16H21N3O5S. The van der Waals surface area contributed by atoms with Crippen LogP contribution < -0.4 is 10.0 Å². The molecule has 0 bridgehead atoms. The Morgan fingerprint density at radius 2 is 2.08 bits per heavy atom. The lowest BCUT2D eigenvalue weighted by molar-refractivity contribution is -0.00503. The zero-order chi connectivity index (χ0) is 18.1. The molecule has 2 fully saturated rings. The monoisotopic (exact) mass is 367 g/mol. The SMILES string of the molecule is CCS(=O)(=O)Nc1ccc(C(=O)N2CCCC3(CNC(=O)O3)C2)cc1. The molecular weight excluding hydrogens is 346 g/mol. The summed E-state index contributed by atoms with van der Waals surface area (Å²) < 4.78 is 31.0. The predicted molar refractivity (Wildman–Crippen MR) is 91.9 cm³/mol. The summed E-state index contributed by atoms with van der Waals surface area (Å²) in [6.45, 7) is 2.92. The zero-order valence-corrected chi connectivity index (χ0v) is 14.8. The first-order chi connectivity index (χ1) is 11.8. The second kappa shape index (κ2) is 6.55. The van der Waals surface area contributed by atoms with Crippen molar-refractivity contribution in [2.75, 3.05) is 30.1 Å². The van der Waals surface area contributed by atoms with E-state index in [-0.39, 0.29) is 11.7 Å². The maximum absolute atomic E-state index is 12.7. The van der Waals surface area contributed by atoms with E-state index >= 15 is 0 Å². The van der Waals surface area contributed by atoms with Crippen LogP contribution in [0.2, 0.25) is 0 Å². The Morgan fingerprint density at radius 3 is 2.68 bits per heavy atom. The Kier molecular flexibility index (Phi) is 4.59. The van der Waals surface area contributed by atoms with E-state index in [9.17, 15) is 18.0 Å². The van der Waals surface area contributed by atoms with Crippen LogP contribution in [0.4, 0.5) is 10.5 Å². The van der Waals surface area contributed by atoms with Crippen molar-refractivity contribution in [3.8, 4) is 0 Å². The van der Waals surface area contributed by atoms with Crippen molar-refractivity contribution in [3.05, 3.63) is 29.8 Å². The predicted octanol–water partition coefficient (Wildman–Crippen LogP) is 1.16. The van der Waals surface area contributed by atoms with Gasteiger partial charge >= 0.3 is 6.09 Å². The van der Waals surface area contributed by atoms with Gasteiger partial charge in [-0.3, -0.25) is 9.52 Å². The highest BCUT2D eigenvalue weighted by Gasteiger charge is 2.44. The van der Waals surface area contributed by atoms with Gasteiger partial charge in [0.05, 0.1) is 18.8 Å². The molecule has 2 aliphatic heterocycles. The molecule has 1 aromatic rings. The van der Waals surface area contributed by atoms with Crippen LogP contribution in [-0.4, -0.2) is 56.3 Å². The minimum absolute atomic E-state index is 0.0176. The second-order valence-electron chi connectivity index (χ2n) is 6.34. The van der Waals surface area contributed by atoms with E-state index in [0.717, 1.165) is 12.8 Å². The first-order valence-electron chi connectivity index (χ1n) is 8.19. The first kappa shape index (κ1) is 17.5. The molecule has 2 aliphatic rings. The number of carbonyl (C=O) groups is 2. The number of likely N-dealkylation sites (tertiary alicyclic amines) is 1. The number of hydrogen-bond acceptors (Lipinski definition) is 5. The fourth-order valence-electron chi connectivity index (χ4n) is 3.12. The van der Waals surface area contributed by atoms with Crippen LogP contribution in [0.15, 0.2) is 24.3 Å². The van der Waals surface area contributed by atoms with Crippen molar-refractivity contribution in [2.45, 2.75) is 25.4 Å². The highest BCUT2D eigenvalue weighted by atomic mass is 32.2. The Hall–Kier alpha value is -2.29. The van der Waals surface area contributed by atoms with Crippen molar-refractivity contribution in [1.29, 1.82) is 0 Å². The number of anilines is 1. The molecule has 1 aromatic carbocycles. The van der Waals surface area contributed by atoms with E-state index in [1.54, 1.807) is 36.1 Å². The van der Waals surface area contributed by atoms with E-state index in [2.05, 4.69) is 10.0 Å². The number of carbonyl (C=O) groups excluding carboxylic acids is 2. The van der Waals surface area contributed by atoms with Gasteiger partial charge in [-0.05, 0) is 44.0 Å². The number of alkyl carbamates (subject to hydrolysis) is 1. The van der Waals surface area contributed by atoms with Crippen LogP contribution in [0.1, 0.15) is 30.1 Å². The third-order valence-electron chi connectivity index (χ3n) is 4.48. The number of nitrogens with one attached hydrogen (secondary N) is 2. The molecule has 2 amide bonds. The van der Waals surface area contributed by atoms with Crippen molar-refractivity contribution in [2.24, 2.45) is 0 Å². The minimum atomic E-state index is -3.35. The van der Waals surface area contributed by atoms with Gasteiger partial charge < -0.3 is 15.0 Å². The van der Waals surface area contributed by atoms with E-state index in [4.69, 9.17) is 4.74 Å². The van der Waals surface area contributed by atoms with Gasteiger partial charge in [0.15, 0.2) is 0 Å². The fraction of sp³-hybridized carbons (Fsp3) is 0.500. The summed E-state index contributed by atoms with van der Waals surface area (Å²) in [5.74, 6) is -0.178. The van der Waals surface area contributed by atoms with Crippen LogP contribution >= 0.6 is 0 Å². The van der Waals surface area contributed by atoms with Crippen molar-refractivity contribution in [3.63, 3.8) is 0 Å². The normalized spacial score (nSPS) is 23.2. The van der Waals surface area contributed by atoms with E-state index in [1.807, 2.05) is 0 Å². The summed E-state index contributed by atoms with van der Waals surface area (Å²) in [7, 11) is -3.35. The summed E-state index contributed by atoms with van der Waals surface area (Å²) >= 11 is 0. The Bertz CT molecular complexity index is 777. The van der Waals surface area contributed by atoms with Gasteiger partial charge in [-0.1, -0.05) is 0 Å². The molecule has 9 heteroatoms.